The third-order valence-electron chi connectivity index (χ3n) is 2.72. The van der Waals surface area contributed by atoms with Gasteiger partial charge >= 0.3 is 6.18 Å². The molecular formula is C14H10F3N3O2. The summed E-state index contributed by atoms with van der Waals surface area (Å²) >= 11 is 0. The van der Waals surface area contributed by atoms with E-state index in [1.54, 1.807) is 19.1 Å². The number of aryl methyl sites for hydroxylation is 1. The Balaban J connectivity index is 2.25. The maximum atomic E-state index is 12.8. The van der Waals surface area contributed by atoms with Gasteiger partial charge in [-0.25, -0.2) is 4.98 Å². The predicted octanol–water partition coefficient (Wildman–Crippen LogP) is 2.37. The Hall–Kier alpha value is -2.77. The average Bonchev–Trinajstić information content (AvgIpc) is 2.46. The lowest BCUT2D eigenvalue weighted by atomic mass is 10.1. The number of aromatic nitrogens is 2. The number of amides is 2. The van der Waals surface area contributed by atoms with Crippen LogP contribution in [-0.4, -0.2) is 21.8 Å². The highest BCUT2D eigenvalue weighted by molar-refractivity contribution is 6.10. The summed E-state index contributed by atoms with van der Waals surface area (Å²) < 4.78 is 38.5. The van der Waals surface area contributed by atoms with Crippen LogP contribution in [-0.2, 0) is 6.18 Å². The number of hydrogen-bond acceptors (Lipinski definition) is 4. The standard InChI is InChI=1S/C14H10F3N3O2/c1-8-3-2-4-11(19-8)13(22)20-12(21)9-7-18-6-5-10(9)14(15,16)17/h2-7H,1H3,(H,20,21,22). The molecule has 1 N–H and O–H groups in total. The number of carbonyl (C=O) groups is 2. The normalized spacial score (nSPS) is 11.1. The van der Waals surface area contributed by atoms with Crippen LogP contribution < -0.4 is 5.32 Å². The summed E-state index contributed by atoms with van der Waals surface area (Å²) in [5, 5.41) is 1.87. The van der Waals surface area contributed by atoms with Gasteiger partial charge in [-0.2, -0.15) is 13.2 Å². The molecule has 114 valence electrons. The molecule has 0 saturated heterocycles. The molecule has 2 heterocycles. The molecule has 2 amide bonds. The summed E-state index contributed by atoms with van der Waals surface area (Å²) in [6.45, 7) is 1.64. The first-order valence-electron chi connectivity index (χ1n) is 6.09. The molecule has 0 aliphatic heterocycles. The summed E-state index contributed by atoms with van der Waals surface area (Å²) in [4.78, 5) is 31.1. The summed E-state index contributed by atoms with van der Waals surface area (Å²) in [6.07, 6.45) is -3.04. The number of hydrogen-bond donors (Lipinski definition) is 1. The van der Waals surface area contributed by atoms with E-state index in [9.17, 15) is 22.8 Å². The molecule has 8 heteroatoms. The van der Waals surface area contributed by atoms with E-state index < -0.39 is 29.1 Å². The molecule has 0 spiro atoms. The van der Waals surface area contributed by atoms with Gasteiger partial charge in [0, 0.05) is 18.1 Å². The average molecular weight is 309 g/mol. The van der Waals surface area contributed by atoms with Crippen molar-refractivity contribution in [3.8, 4) is 0 Å². The Morgan fingerprint density at radius 1 is 1.14 bits per heavy atom. The van der Waals surface area contributed by atoms with Crippen LogP contribution >= 0.6 is 0 Å². The summed E-state index contributed by atoms with van der Waals surface area (Å²) in [6, 6.07) is 5.21. The van der Waals surface area contributed by atoms with Crippen LogP contribution in [0.4, 0.5) is 13.2 Å². The Morgan fingerprint density at radius 3 is 2.50 bits per heavy atom. The molecule has 0 aliphatic carbocycles. The molecule has 0 aromatic carbocycles. The van der Waals surface area contributed by atoms with Crippen molar-refractivity contribution >= 4 is 11.8 Å². The van der Waals surface area contributed by atoms with Crippen molar-refractivity contribution < 1.29 is 22.8 Å². The fraction of sp³-hybridized carbons (Fsp3) is 0.143. The Morgan fingerprint density at radius 2 is 1.86 bits per heavy atom. The van der Waals surface area contributed by atoms with Crippen molar-refractivity contribution in [2.75, 3.05) is 0 Å². The van der Waals surface area contributed by atoms with Crippen LogP contribution in [0.2, 0.25) is 0 Å². The highest BCUT2D eigenvalue weighted by Gasteiger charge is 2.35. The summed E-state index contributed by atoms with van der Waals surface area (Å²) in [5.74, 6) is -2.07. The second-order valence-corrected chi connectivity index (χ2v) is 4.37. The zero-order valence-corrected chi connectivity index (χ0v) is 11.3. The molecule has 0 unspecified atom stereocenters. The van der Waals surface area contributed by atoms with E-state index in [0.29, 0.717) is 11.8 Å². The molecule has 2 aromatic rings. The number of halogens is 3. The zero-order valence-electron chi connectivity index (χ0n) is 11.3. The van der Waals surface area contributed by atoms with Crippen molar-refractivity contribution in [2.45, 2.75) is 13.1 Å². The lowest BCUT2D eigenvalue weighted by Crippen LogP contribution is -2.32. The van der Waals surface area contributed by atoms with E-state index in [2.05, 4.69) is 9.97 Å². The van der Waals surface area contributed by atoms with Crippen molar-refractivity contribution in [3.63, 3.8) is 0 Å². The highest BCUT2D eigenvalue weighted by Crippen LogP contribution is 2.31. The van der Waals surface area contributed by atoms with Gasteiger partial charge in [0.25, 0.3) is 11.8 Å². The molecule has 2 rings (SSSR count). The molecule has 0 radical (unpaired) electrons. The number of nitrogens with one attached hydrogen (secondary N) is 1. The van der Waals surface area contributed by atoms with Crippen molar-refractivity contribution in [2.24, 2.45) is 0 Å². The molecule has 0 bridgehead atoms. The third kappa shape index (κ3) is 3.46. The number of pyridine rings is 2. The van der Waals surface area contributed by atoms with Crippen LogP contribution in [0.5, 0.6) is 0 Å². The second-order valence-electron chi connectivity index (χ2n) is 4.37. The van der Waals surface area contributed by atoms with E-state index in [1.807, 2.05) is 5.32 Å². The number of nitrogens with zero attached hydrogens (tertiary/aromatic N) is 2. The predicted molar refractivity (Wildman–Crippen MR) is 70.0 cm³/mol. The Labute approximate surface area is 123 Å². The molecule has 2 aromatic heterocycles. The SMILES string of the molecule is Cc1cccc(C(=O)NC(=O)c2cnccc2C(F)(F)F)n1. The lowest BCUT2D eigenvalue weighted by molar-refractivity contribution is -0.138. The first-order chi connectivity index (χ1) is 10.3. The first kappa shape index (κ1) is 15.6. The van der Waals surface area contributed by atoms with Gasteiger partial charge in [0.15, 0.2) is 0 Å². The van der Waals surface area contributed by atoms with Gasteiger partial charge in [-0.1, -0.05) is 6.07 Å². The largest absolute Gasteiger partial charge is 0.417 e. The van der Waals surface area contributed by atoms with E-state index in [1.165, 1.54) is 6.07 Å². The maximum absolute atomic E-state index is 12.8. The van der Waals surface area contributed by atoms with Gasteiger partial charge in [-0.15, -0.1) is 0 Å². The Bertz CT molecular complexity index is 729. The van der Waals surface area contributed by atoms with Crippen LogP contribution in [0.1, 0.15) is 32.1 Å². The van der Waals surface area contributed by atoms with Crippen LogP contribution in [0.15, 0.2) is 36.7 Å². The molecule has 0 saturated carbocycles. The molecule has 0 atom stereocenters. The van der Waals surface area contributed by atoms with Gasteiger partial charge < -0.3 is 0 Å². The Kier molecular flexibility index (Phi) is 4.20. The monoisotopic (exact) mass is 309 g/mol. The van der Waals surface area contributed by atoms with Crippen molar-refractivity contribution in [1.82, 2.24) is 15.3 Å². The van der Waals surface area contributed by atoms with Gasteiger partial charge in [0.05, 0.1) is 11.1 Å². The quantitative estimate of drug-likeness (QED) is 0.865. The van der Waals surface area contributed by atoms with Gasteiger partial charge in [-0.3, -0.25) is 19.9 Å². The zero-order chi connectivity index (χ0) is 16.3. The number of imide groups is 1. The van der Waals surface area contributed by atoms with Crippen LogP contribution in [0, 0.1) is 6.92 Å². The molecular weight excluding hydrogens is 299 g/mol. The van der Waals surface area contributed by atoms with E-state index >= 15 is 0 Å². The fourth-order valence-corrected chi connectivity index (χ4v) is 1.73. The topological polar surface area (TPSA) is 72.0 Å². The lowest BCUT2D eigenvalue weighted by Gasteiger charge is -2.11. The van der Waals surface area contributed by atoms with Crippen molar-refractivity contribution in [3.05, 3.63) is 59.2 Å². The molecule has 22 heavy (non-hydrogen) atoms. The first-order valence-corrected chi connectivity index (χ1v) is 6.09. The third-order valence-corrected chi connectivity index (χ3v) is 2.72. The highest BCUT2D eigenvalue weighted by atomic mass is 19.4. The number of carbonyl (C=O) groups excluding carboxylic acids is 2. The minimum absolute atomic E-state index is 0.0641. The van der Waals surface area contributed by atoms with Gasteiger partial charge in [0.1, 0.15) is 5.69 Å². The minimum atomic E-state index is -4.72. The summed E-state index contributed by atoms with van der Waals surface area (Å²) in [7, 11) is 0. The summed E-state index contributed by atoms with van der Waals surface area (Å²) in [5.41, 5.74) is -1.41. The number of rotatable bonds is 2. The van der Waals surface area contributed by atoms with E-state index in [4.69, 9.17) is 0 Å². The van der Waals surface area contributed by atoms with Gasteiger partial charge in [-0.05, 0) is 25.1 Å². The molecule has 0 fully saturated rings. The number of alkyl halides is 3. The van der Waals surface area contributed by atoms with Gasteiger partial charge in [0.2, 0.25) is 0 Å². The molecule has 0 aliphatic rings. The van der Waals surface area contributed by atoms with E-state index in [-0.39, 0.29) is 5.69 Å². The maximum Gasteiger partial charge on any atom is 0.417 e. The minimum Gasteiger partial charge on any atom is -0.287 e. The van der Waals surface area contributed by atoms with Crippen LogP contribution in [0.25, 0.3) is 0 Å². The smallest absolute Gasteiger partial charge is 0.287 e. The second kappa shape index (κ2) is 5.92. The van der Waals surface area contributed by atoms with E-state index in [0.717, 1.165) is 12.4 Å². The molecule has 5 nitrogen and oxygen atoms in total. The van der Waals surface area contributed by atoms with Crippen LogP contribution in [0.3, 0.4) is 0 Å². The van der Waals surface area contributed by atoms with Crippen molar-refractivity contribution in [1.29, 1.82) is 0 Å². The fourth-order valence-electron chi connectivity index (χ4n) is 1.73.